The van der Waals surface area contributed by atoms with Gasteiger partial charge in [-0.1, -0.05) is 0 Å². The Bertz CT molecular complexity index is 505. The molecule has 0 bridgehead atoms. The van der Waals surface area contributed by atoms with Crippen molar-refractivity contribution in [2.24, 2.45) is 0 Å². The summed E-state index contributed by atoms with van der Waals surface area (Å²) in [6, 6.07) is 1.92. The van der Waals surface area contributed by atoms with Crippen molar-refractivity contribution in [3.05, 3.63) is 41.9 Å². The average molecular weight is 204 g/mol. The highest BCUT2D eigenvalue weighted by Crippen LogP contribution is 2.11. The van der Waals surface area contributed by atoms with Gasteiger partial charge in [-0.15, -0.1) is 11.3 Å². The molecule has 0 saturated carbocycles. The van der Waals surface area contributed by atoms with Crippen molar-refractivity contribution in [2.45, 2.75) is 6.54 Å². The van der Waals surface area contributed by atoms with E-state index in [4.69, 9.17) is 0 Å². The molecule has 14 heavy (non-hydrogen) atoms. The molecule has 0 aliphatic carbocycles. The maximum atomic E-state index is 4.47. The number of aromatic nitrogens is 4. The van der Waals surface area contributed by atoms with Crippen LogP contribution in [0.2, 0.25) is 0 Å². The third-order valence-electron chi connectivity index (χ3n) is 2.03. The SMILES string of the molecule is c1cnn(Cc2cn3ccsc3n2)c1. The summed E-state index contributed by atoms with van der Waals surface area (Å²) in [5.74, 6) is 0. The van der Waals surface area contributed by atoms with Crippen molar-refractivity contribution in [1.29, 1.82) is 0 Å². The van der Waals surface area contributed by atoms with E-state index < -0.39 is 0 Å². The van der Waals surface area contributed by atoms with Crippen molar-refractivity contribution < 1.29 is 0 Å². The van der Waals surface area contributed by atoms with Crippen molar-refractivity contribution in [1.82, 2.24) is 19.2 Å². The largest absolute Gasteiger partial charge is 0.297 e. The number of hydrogen-bond donors (Lipinski definition) is 0. The van der Waals surface area contributed by atoms with E-state index in [1.165, 1.54) is 0 Å². The highest BCUT2D eigenvalue weighted by Gasteiger charge is 2.02. The van der Waals surface area contributed by atoms with E-state index >= 15 is 0 Å². The molecule has 0 N–H and O–H groups in total. The fourth-order valence-corrected chi connectivity index (χ4v) is 2.13. The predicted molar refractivity (Wildman–Crippen MR) is 54.4 cm³/mol. The molecule has 3 aromatic heterocycles. The van der Waals surface area contributed by atoms with Crippen LogP contribution < -0.4 is 0 Å². The number of hydrogen-bond acceptors (Lipinski definition) is 3. The maximum absolute atomic E-state index is 4.47. The van der Waals surface area contributed by atoms with Gasteiger partial charge in [0.25, 0.3) is 0 Å². The summed E-state index contributed by atoms with van der Waals surface area (Å²) in [4.78, 5) is 5.50. The Morgan fingerprint density at radius 3 is 3.14 bits per heavy atom. The zero-order valence-corrected chi connectivity index (χ0v) is 8.18. The number of imidazole rings is 1. The summed E-state index contributed by atoms with van der Waals surface area (Å²) in [5.41, 5.74) is 1.04. The molecule has 0 fully saturated rings. The molecule has 70 valence electrons. The second-order valence-corrected chi connectivity index (χ2v) is 3.90. The molecule has 3 aromatic rings. The number of thiazole rings is 1. The van der Waals surface area contributed by atoms with Gasteiger partial charge in [0, 0.05) is 30.2 Å². The van der Waals surface area contributed by atoms with Crippen LogP contribution in [0.15, 0.2) is 36.2 Å². The Hall–Kier alpha value is -1.62. The van der Waals surface area contributed by atoms with Gasteiger partial charge in [-0.2, -0.15) is 5.10 Å². The molecule has 0 unspecified atom stereocenters. The molecule has 3 rings (SSSR count). The van der Waals surface area contributed by atoms with Crippen molar-refractivity contribution in [3.8, 4) is 0 Å². The van der Waals surface area contributed by atoms with Crippen LogP contribution in [0.25, 0.3) is 4.96 Å². The van der Waals surface area contributed by atoms with E-state index in [1.54, 1.807) is 17.5 Å². The van der Waals surface area contributed by atoms with Crippen LogP contribution >= 0.6 is 11.3 Å². The highest BCUT2D eigenvalue weighted by atomic mass is 32.1. The van der Waals surface area contributed by atoms with E-state index in [0.29, 0.717) is 0 Å². The summed E-state index contributed by atoms with van der Waals surface area (Å²) in [7, 11) is 0. The van der Waals surface area contributed by atoms with Gasteiger partial charge in [-0.3, -0.25) is 9.08 Å². The van der Waals surface area contributed by atoms with Gasteiger partial charge in [-0.05, 0) is 6.07 Å². The Morgan fingerprint density at radius 2 is 2.36 bits per heavy atom. The van der Waals surface area contributed by atoms with E-state index in [0.717, 1.165) is 17.2 Å². The third-order valence-corrected chi connectivity index (χ3v) is 2.80. The van der Waals surface area contributed by atoms with Crippen LogP contribution in [0.1, 0.15) is 5.69 Å². The van der Waals surface area contributed by atoms with E-state index in [1.807, 2.05) is 39.1 Å². The summed E-state index contributed by atoms with van der Waals surface area (Å²) < 4.78 is 3.90. The number of rotatable bonds is 2. The molecule has 0 aromatic carbocycles. The monoisotopic (exact) mass is 204 g/mol. The topological polar surface area (TPSA) is 35.1 Å². The van der Waals surface area contributed by atoms with Crippen molar-refractivity contribution >= 4 is 16.3 Å². The quantitative estimate of drug-likeness (QED) is 0.636. The lowest BCUT2D eigenvalue weighted by atomic mass is 10.5. The second kappa shape index (κ2) is 2.95. The lowest BCUT2D eigenvalue weighted by Gasteiger charge is -1.94. The van der Waals surface area contributed by atoms with Crippen molar-refractivity contribution in [2.75, 3.05) is 0 Å². The lowest BCUT2D eigenvalue weighted by molar-refractivity contribution is 0.676. The summed E-state index contributed by atoms with van der Waals surface area (Å²) in [6.07, 6.45) is 7.76. The van der Waals surface area contributed by atoms with E-state index in [2.05, 4.69) is 10.1 Å². The fraction of sp³-hybridized carbons (Fsp3) is 0.111. The van der Waals surface area contributed by atoms with Gasteiger partial charge in [-0.25, -0.2) is 4.98 Å². The Kier molecular flexibility index (Phi) is 1.63. The van der Waals surface area contributed by atoms with Gasteiger partial charge >= 0.3 is 0 Å². The third kappa shape index (κ3) is 1.22. The van der Waals surface area contributed by atoms with Crippen molar-refractivity contribution in [3.63, 3.8) is 0 Å². The number of fused-ring (bicyclic) bond motifs is 1. The Morgan fingerprint density at radius 1 is 1.36 bits per heavy atom. The minimum absolute atomic E-state index is 0.738. The first kappa shape index (κ1) is 7.75. The molecule has 4 nitrogen and oxygen atoms in total. The molecule has 0 amide bonds. The van der Waals surface area contributed by atoms with Crippen LogP contribution in [0.4, 0.5) is 0 Å². The number of nitrogens with zero attached hydrogens (tertiary/aromatic N) is 4. The second-order valence-electron chi connectivity index (χ2n) is 3.03. The Labute approximate surface area is 84.4 Å². The molecule has 0 aliphatic rings. The molecule has 0 radical (unpaired) electrons. The Balaban J connectivity index is 1.95. The molecule has 0 saturated heterocycles. The summed E-state index contributed by atoms with van der Waals surface area (Å²) in [5, 5.41) is 6.16. The molecule has 0 aliphatic heterocycles. The van der Waals surface area contributed by atoms with Crippen LogP contribution in [0.5, 0.6) is 0 Å². The molecular formula is C9H8N4S. The minimum Gasteiger partial charge on any atom is -0.297 e. The molecule has 3 heterocycles. The van der Waals surface area contributed by atoms with Crippen LogP contribution in [-0.4, -0.2) is 19.2 Å². The standard InChI is InChI=1S/C9H8N4S/c1-2-10-13(3-1)7-8-6-12-4-5-14-9(12)11-8/h1-6H,7H2. The first-order valence-corrected chi connectivity index (χ1v) is 5.18. The van der Waals surface area contributed by atoms with Gasteiger partial charge < -0.3 is 0 Å². The highest BCUT2D eigenvalue weighted by molar-refractivity contribution is 7.15. The molecule has 0 spiro atoms. The van der Waals surface area contributed by atoms with Crippen LogP contribution in [-0.2, 0) is 6.54 Å². The summed E-state index contributed by atoms with van der Waals surface area (Å²) in [6.45, 7) is 0.738. The average Bonchev–Trinajstić information content (AvgIpc) is 2.78. The van der Waals surface area contributed by atoms with E-state index in [-0.39, 0.29) is 0 Å². The van der Waals surface area contributed by atoms with Gasteiger partial charge in [0.15, 0.2) is 4.96 Å². The normalized spacial score (nSPS) is 11.1. The predicted octanol–water partition coefficient (Wildman–Crippen LogP) is 1.64. The minimum atomic E-state index is 0.738. The fourth-order valence-electron chi connectivity index (χ4n) is 1.41. The molecule has 5 heteroatoms. The maximum Gasteiger partial charge on any atom is 0.193 e. The first-order valence-electron chi connectivity index (χ1n) is 4.30. The molecular weight excluding hydrogens is 196 g/mol. The van der Waals surface area contributed by atoms with Gasteiger partial charge in [0.05, 0.1) is 12.2 Å². The molecule has 0 atom stereocenters. The first-order chi connectivity index (χ1) is 6.92. The smallest absolute Gasteiger partial charge is 0.193 e. The van der Waals surface area contributed by atoms with Crippen LogP contribution in [0, 0.1) is 0 Å². The van der Waals surface area contributed by atoms with Crippen LogP contribution in [0.3, 0.4) is 0 Å². The van der Waals surface area contributed by atoms with Gasteiger partial charge in [0.2, 0.25) is 0 Å². The summed E-state index contributed by atoms with van der Waals surface area (Å²) >= 11 is 1.64. The zero-order chi connectivity index (χ0) is 9.38. The van der Waals surface area contributed by atoms with E-state index in [9.17, 15) is 0 Å². The zero-order valence-electron chi connectivity index (χ0n) is 7.37. The lowest BCUT2D eigenvalue weighted by Crippen LogP contribution is -1.99. The van der Waals surface area contributed by atoms with Gasteiger partial charge in [0.1, 0.15) is 0 Å².